The summed E-state index contributed by atoms with van der Waals surface area (Å²) in [6.45, 7) is 4.70. The van der Waals surface area contributed by atoms with Gasteiger partial charge in [-0.05, 0) is 43.7 Å². The minimum Gasteiger partial charge on any atom is -0.497 e. The number of aromatic nitrogens is 2. The van der Waals surface area contributed by atoms with Crippen LogP contribution in [0.15, 0.2) is 60.8 Å². The van der Waals surface area contributed by atoms with Crippen molar-refractivity contribution < 1.29 is 9.53 Å². The first-order chi connectivity index (χ1) is 13.4. The number of amides is 1. The van der Waals surface area contributed by atoms with E-state index in [2.05, 4.69) is 10.4 Å². The van der Waals surface area contributed by atoms with E-state index in [1.54, 1.807) is 18.0 Å². The van der Waals surface area contributed by atoms with Gasteiger partial charge in [0.1, 0.15) is 11.4 Å². The molecule has 146 valence electrons. The third-order valence-electron chi connectivity index (χ3n) is 4.26. The predicted octanol–water partition coefficient (Wildman–Crippen LogP) is 3.07. The molecule has 0 aliphatic rings. The van der Waals surface area contributed by atoms with Gasteiger partial charge in [-0.25, -0.2) is 0 Å². The lowest BCUT2D eigenvalue weighted by molar-refractivity contribution is 0.0946. The monoisotopic (exact) mass is 378 g/mol. The number of nitrogens with two attached hydrogens (primary N) is 1. The number of carbonyl (C=O) groups excluding carboxylic acids is 1. The van der Waals surface area contributed by atoms with Crippen LogP contribution in [-0.2, 0) is 6.54 Å². The van der Waals surface area contributed by atoms with E-state index >= 15 is 0 Å². The highest BCUT2D eigenvalue weighted by atomic mass is 16.5. The maximum absolute atomic E-state index is 12.8. The number of nitrogens with one attached hydrogen (secondary N) is 1. The van der Waals surface area contributed by atoms with E-state index in [0.717, 1.165) is 16.9 Å². The van der Waals surface area contributed by atoms with Crippen LogP contribution in [0.2, 0.25) is 0 Å². The van der Waals surface area contributed by atoms with Gasteiger partial charge in [0.25, 0.3) is 5.91 Å². The molecule has 1 heterocycles. The Labute approximate surface area is 165 Å². The number of hydrogen-bond acceptors (Lipinski definition) is 4. The Hall–Kier alpha value is -3.12. The van der Waals surface area contributed by atoms with E-state index in [0.29, 0.717) is 24.3 Å². The Morgan fingerprint density at radius 2 is 1.82 bits per heavy atom. The van der Waals surface area contributed by atoms with Crippen LogP contribution >= 0.6 is 0 Å². The van der Waals surface area contributed by atoms with Gasteiger partial charge in [-0.1, -0.05) is 30.3 Å². The van der Waals surface area contributed by atoms with Crippen LogP contribution in [-0.4, -0.2) is 34.9 Å². The van der Waals surface area contributed by atoms with E-state index in [1.807, 2.05) is 68.4 Å². The molecule has 28 heavy (non-hydrogen) atoms. The SMILES string of the molecule is COc1ccc(-c2nn(Cc3ccccc3)cc2C(=O)NCC(C)(C)N)cc1. The first-order valence-electron chi connectivity index (χ1n) is 9.18. The van der Waals surface area contributed by atoms with Crippen LogP contribution in [0.1, 0.15) is 29.8 Å². The number of methoxy groups -OCH3 is 1. The summed E-state index contributed by atoms with van der Waals surface area (Å²) in [5.41, 5.74) is 8.62. The lowest BCUT2D eigenvalue weighted by Crippen LogP contribution is -2.45. The molecule has 0 aliphatic carbocycles. The van der Waals surface area contributed by atoms with Crippen molar-refractivity contribution in [2.45, 2.75) is 25.9 Å². The molecule has 3 N–H and O–H groups in total. The number of benzene rings is 2. The fourth-order valence-electron chi connectivity index (χ4n) is 2.80. The molecule has 0 unspecified atom stereocenters. The van der Waals surface area contributed by atoms with E-state index in [1.165, 1.54) is 0 Å². The number of nitrogens with zero attached hydrogens (tertiary/aromatic N) is 2. The highest BCUT2D eigenvalue weighted by molar-refractivity contribution is 5.99. The molecule has 3 rings (SSSR count). The number of rotatable bonds is 7. The summed E-state index contributed by atoms with van der Waals surface area (Å²) >= 11 is 0. The standard InChI is InChI=1S/C22H26N4O2/c1-22(2,23)15-24-21(27)19-14-26(13-16-7-5-4-6-8-16)25-20(19)17-9-11-18(28-3)12-10-17/h4-12,14H,13,15,23H2,1-3H3,(H,24,27). The van der Waals surface area contributed by atoms with Crippen molar-refractivity contribution in [3.63, 3.8) is 0 Å². The van der Waals surface area contributed by atoms with E-state index in [4.69, 9.17) is 10.5 Å². The Kier molecular flexibility index (Phi) is 5.80. The van der Waals surface area contributed by atoms with Crippen molar-refractivity contribution in [2.24, 2.45) is 5.73 Å². The molecular formula is C22H26N4O2. The van der Waals surface area contributed by atoms with Crippen LogP contribution < -0.4 is 15.8 Å². The van der Waals surface area contributed by atoms with E-state index in [9.17, 15) is 4.79 Å². The smallest absolute Gasteiger partial charge is 0.255 e. The maximum Gasteiger partial charge on any atom is 0.255 e. The third-order valence-corrected chi connectivity index (χ3v) is 4.26. The number of hydrogen-bond donors (Lipinski definition) is 2. The van der Waals surface area contributed by atoms with Crippen molar-refractivity contribution in [2.75, 3.05) is 13.7 Å². The Morgan fingerprint density at radius 1 is 1.14 bits per heavy atom. The van der Waals surface area contributed by atoms with Gasteiger partial charge < -0.3 is 15.8 Å². The lowest BCUT2D eigenvalue weighted by atomic mass is 10.1. The average molecular weight is 378 g/mol. The first kappa shape index (κ1) is 19.6. The molecule has 3 aromatic rings. The molecule has 1 aromatic heterocycles. The van der Waals surface area contributed by atoms with Crippen molar-refractivity contribution in [1.29, 1.82) is 0 Å². The second-order valence-electron chi connectivity index (χ2n) is 7.47. The van der Waals surface area contributed by atoms with Crippen molar-refractivity contribution in [3.05, 3.63) is 71.9 Å². The van der Waals surface area contributed by atoms with Gasteiger partial charge in [-0.15, -0.1) is 0 Å². The highest BCUT2D eigenvalue weighted by Gasteiger charge is 2.20. The Balaban J connectivity index is 1.93. The van der Waals surface area contributed by atoms with Gasteiger partial charge >= 0.3 is 0 Å². The molecule has 0 fully saturated rings. The van der Waals surface area contributed by atoms with Crippen LogP contribution in [0, 0.1) is 0 Å². The molecule has 0 aliphatic heterocycles. The van der Waals surface area contributed by atoms with Gasteiger partial charge in [-0.2, -0.15) is 5.10 Å². The Morgan fingerprint density at radius 3 is 2.43 bits per heavy atom. The predicted molar refractivity (Wildman–Crippen MR) is 110 cm³/mol. The first-order valence-corrected chi connectivity index (χ1v) is 9.18. The molecule has 2 aromatic carbocycles. The summed E-state index contributed by atoms with van der Waals surface area (Å²) in [5.74, 6) is 0.562. The molecule has 0 saturated carbocycles. The maximum atomic E-state index is 12.8. The zero-order chi connectivity index (χ0) is 20.1. The van der Waals surface area contributed by atoms with Crippen molar-refractivity contribution in [3.8, 4) is 17.0 Å². The molecule has 6 nitrogen and oxygen atoms in total. The van der Waals surface area contributed by atoms with E-state index < -0.39 is 5.54 Å². The molecule has 6 heteroatoms. The topological polar surface area (TPSA) is 82.2 Å². The van der Waals surface area contributed by atoms with Crippen molar-refractivity contribution in [1.82, 2.24) is 15.1 Å². The number of carbonyl (C=O) groups is 1. The van der Waals surface area contributed by atoms with E-state index in [-0.39, 0.29) is 5.91 Å². The van der Waals surface area contributed by atoms with Gasteiger partial charge in [-0.3, -0.25) is 9.48 Å². The van der Waals surface area contributed by atoms with Crippen LogP contribution in [0.4, 0.5) is 0 Å². The second kappa shape index (κ2) is 8.27. The quantitative estimate of drug-likeness (QED) is 0.662. The minimum absolute atomic E-state index is 0.191. The molecule has 0 bridgehead atoms. The van der Waals surface area contributed by atoms with Gasteiger partial charge in [0.15, 0.2) is 0 Å². The van der Waals surface area contributed by atoms with Gasteiger partial charge in [0.2, 0.25) is 0 Å². The molecule has 0 saturated heterocycles. The second-order valence-corrected chi connectivity index (χ2v) is 7.47. The molecule has 0 radical (unpaired) electrons. The minimum atomic E-state index is -0.490. The fourth-order valence-corrected chi connectivity index (χ4v) is 2.80. The molecule has 1 amide bonds. The zero-order valence-electron chi connectivity index (χ0n) is 16.5. The van der Waals surface area contributed by atoms with Crippen LogP contribution in [0.25, 0.3) is 11.3 Å². The third kappa shape index (κ3) is 4.98. The summed E-state index contributed by atoms with van der Waals surface area (Å²) in [7, 11) is 1.62. The highest BCUT2D eigenvalue weighted by Crippen LogP contribution is 2.25. The lowest BCUT2D eigenvalue weighted by Gasteiger charge is -2.18. The van der Waals surface area contributed by atoms with Crippen molar-refractivity contribution >= 4 is 5.91 Å². The van der Waals surface area contributed by atoms with Crippen LogP contribution in [0.3, 0.4) is 0 Å². The summed E-state index contributed by atoms with van der Waals surface area (Å²) in [4.78, 5) is 12.8. The summed E-state index contributed by atoms with van der Waals surface area (Å²) in [6, 6.07) is 17.5. The summed E-state index contributed by atoms with van der Waals surface area (Å²) < 4.78 is 7.01. The summed E-state index contributed by atoms with van der Waals surface area (Å²) in [6.07, 6.45) is 1.78. The normalized spacial score (nSPS) is 11.3. The average Bonchev–Trinajstić information content (AvgIpc) is 3.10. The van der Waals surface area contributed by atoms with Crippen LogP contribution in [0.5, 0.6) is 5.75 Å². The largest absolute Gasteiger partial charge is 0.497 e. The van der Waals surface area contributed by atoms with Gasteiger partial charge in [0, 0.05) is 23.8 Å². The molecular weight excluding hydrogens is 352 g/mol. The number of ether oxygens (including phenoxy) is 1. The zero-order valence-corrected chi connectivity index (χ0v) is 16.5. The Bertz CT molecular complexity index is 925. The summed E-state index contributed by atoms with van der Waals surface area (Å²) in [5, 5.41) is 7.59. The molecule has 0 spiro atoms. The molecule has 0 atom stereocenters. The van der Waals surface area contributed by atoms with Gasteiger partial charge in [0.05, 0.1) is 19.2 Å². The fraction of sp³-hybridized carbons (Fsp3) is 0.273.